The molecular formula is C15H24F2N2O2S. The molecule has 0 fully saturated rings. The van der Waals surface area contributed by atoms with E-state index < -0.39 is 16.4 Å². The molecular weight excluding hydrogens is 310 g/mol. The second kappa shape index (κ2) is 7.99. The molecule has 0 radical (unpaired) electrons. The van der Waals surface area contributed by atoms with Gasteiger partial charge in [-0.3, -0.25) is 4.90 Å². The van der Waals surface area contributed by atoms with Crippen molar-refractivity contribution in [1.82, 2.24) is 9.62 Å². The largest absolute Gasteiger partial charge is 0.297 e. The van der Waals surface area contributed by atoms with E-state index in [1.807, 2.05) is 19.1 Å². The smallest absolute Gasteiger partial charge is 0.251 e. The SMILES string of the molecule is CCN(CCNS(=O)(=O)c1c(C)cc(C)cc1C)CC(F)F. The van der Waals surface area contributed by atoms with E-state index in [9.17, 15) is 17.2 Å². The van der Waals surface area contributed by atoms with Gasteiger partial charge in [0.25, 0.3) is 6.43 Å². The van der Waals surface area contributed by atoms with E-state index in [-0.39, 0.29) is 24.5 Å². The van der Waals surface area contributed by atoms with Crippen LogP contribution in [0, 0.1) is 20.8 Å². The Morgan fingerprint density at radius 3 is 2.18 bits per heavy atom. The summed E-state index contributed by atoms with van der Waals surface area (Å²) in [6, 6.07) is 3.63. The summed E-state index contributed by atoms with van der Waals surface area (Å²) < 4.78 is 52.0. The number of nitrogens with zero attached hydrogens (tertiary/aromatic N) is 1. The summed E-state index contributed by atoms with van der Waals surface area (Å²) in [7, 11) is -3.63. The molecule has 0 saturated carbocycles. The first-order chi connectivity index (χ1) is 10.2. The van der Waals surface area contributed by atoms with E-state index in [2.05, 4.69) is 4.72 Å². The number of sulfonamides is 1. The van der Waals surface area contributed by atoms with Crippen LogP contribution < -0.4 is 4.72 Å². The zero-order valence-corrected chi connectivity index (χ0v) is 14.3. The highest BCUT2D eigenvalue weighted by molar-refractivity contribution is 7.89. The fourth-order valence-corrected chi connectivity index (χ4v) is 4.04. The van der Waals surface area contributed by atoms with Gasteiger partial charge < -0.3 is 0 Å². The minimum atomic E-state index is -3.63. The molecule has 0 aliphatic heterocycles. The van der Waals surface area contributed by atoms with E-state index in [0.717, 1.165) is 5.56 Å². The predicted octanol–water partition coefficient (Wildman–Crippen LogP) is 2.48. The van der Waals surface area contributed by atoms with Crippen molar-refractivity contribution in [2.75, 3.05) is 26.2 Å². The number of rotatable bonds is 8. The lowest BCUT2D eigenvalue weighted by atomic mass is 10.1. The number of likely N-dealkylation sites (N-methyl/N-ethyl adjacent to an activating group) is 1. The average Bonchev–Trinajstić information content (AvgIpc) is 2.34. The van der Waals surface area contributed by atoms with Crippen LogP contribution in [-0.2, 0) is 10.0 Å². The monoisotopic (exact) mass is 334 g/mol. The van der Waals surface area contributed by atoms with Crippen LogP contribution in [0.2, 0.25) is 0 Å². The van der Waals surface area contributed by atoms with Crippen molar-refractivity contribution in [3.63, 3.8) is 0 Å². The molecule has 1 aromatic carbocycles. The van der Waals surface area contributed by atoms with Crippen LogP contribution in [0.15, 0.2) is 17.0 Å². The van der Waals surface area contributed by atoms with Crippen molar-refractivity contribution in [3.8, 4) is 0 Å². The molecule has 0 aliphatic rings. The first kappa shape index (κ1) is 19.0. The van der Waals surface area contributed by atoms with Gasteiger partial charge in [0.15, 0.2) is 0 Å². The predicted molar refractivity (Wildman–Crippen MR) is 84.0 cm³/mol. The molecule has 4 nitrogen and oxygen atoms in total. The molecule has 22 heavy (non-hydrogen) atoms. The molecule has 7 heteroatoms. The Kier molecular flexibility index (Phi) is 6.90. The summed E-state index contributed by atoms with van der Waals surface area (Å²) in [5.74, 6) is 0. The highest BCUT2D eigenvalue weighted by Gasteiger charge is 2.20. The zero-order valence-electron chi connectivity index (χ0n) is 13.5. The van der Waals surface area contributed by atoms with Crippen LogP contribution in [0.25, 0.3) is 0 Å². The van der Waals surface area contributed by atoms with Crippen LogP contribution in [0.5, 0.6) is 0 Å². The van der Waals surface area contributed by atoms with Crippen molar-refractivity contribution >= 4 is 10.0 Å². The number of halogens is 2. The van der Waals surface area contributed by atoms with Crippen LogP contribution in [0.3, 0.4) is 0 Å². The number of nitrogens with one attached hydrogen (secondary N) is 1. The van der Waals surface area contributed by atoms with Gasteiger partial charge >= 0.3 is 0 Å². The molecule has 1 N–H and O–H groups in total. The Balaban J connectivity index is 2.77. The quantitative estimate of drug-likeness (QED) is 0.794. The Bertz CT molecular complexity index is 581. The molecule has 0 atom stereocenters. The molecule has 0 amide bonds. The van der Waals surface area contributed by atoms with E-state index in [4.69, 9.17) is 0 Å². The minimum Gasteiger partial charge on any atom is -0.297 e. The van der Waals surface area contributed by atoms with Gasteiger partial charge in [-0.2, -0.15) is 0 Å². The van der Waals surface area contributed by atoms with Gasteiger partial charge in [-0.25, -0.2) is 21.9 Å². The van der Waals surface area contributed by atoms with Gasteiger partial charge in [0.1, 0.15) is 0 Å². The summed E-state index contributed by atoms with van der Waals surface area (Å²) >= 11 is 0. The Morgan fingerprint density at radius 2 is 1.73 bits per heavy atom. The highest BCUT2D eigenvalue weighted by atomic mass is 32.2. The topological polar surface area (TPSA) is 49.4 Å². The van der Waals surface area contributed by atoms with Gasteiger partial charge in [-0.05, 0) is 38.4 Å². The van der Waals surface area contributed by atoms with Gasteiger partial charge in [0.05, 0.1) is 11.4 Å². The van der Waals surface area contributed by atoms with Crippen molar-refractivity contribution < 1.29 is 17.2 Å². The highest BCUT2D eigenvalue weighted by Crippen LogP contribution is 2.21. The molecule has 0 bridgehead atoms. The number of hydrogen-bond acceptors (Lipinski definition) is 3. The average molecular weight is 334 g/mol. The fourth-order valence-electron chi connectivity index (χ4n) is 2.57. The minimum absolute atomic E-state index is 0.107. The maximum atomic E-state index is 12.4. The molecule has 126 valence electrons. The Labute approximate surface area is 131 Å². The van der Waals surface area contributed by atoms with E-state index in [1.54, 1.807) is 20.8 Å². The first-order valence-electron chi connectivity index (χ1n) is 7.25. The third-order valence-electron chi connectivity index (χ3n) is 3.44. The molecule has 0 heterocycles. The number of alkyl halides is 2. The zero-order chi connectivity index (χ0) is 16.9. The lowest BCUT2D eigenvalue weighted by molar-refractivity contribution is 0.0919. The summed E-state index contributed by atoms with van der Waals surface area (Å²) in [5.41, 5.74) is 2.37. The van der Waals surface area contributed by atoms with E-state index in [1.165, 1.54) is 4.90 Å². The van der Waals surface area contributed by atoms with Crippen molar-refractivity contribution in [2.24, 2.45) is 0 Å². The second-order valence-electron chi connectivity index (χ2n) is 5.41. The molecule has 0 unspecified atom stereocenters. The van der Waals surface area contributed by atoms with E-state index in [0.29, 0.717) is 17.7 Å². The van der Waals surface area contributed by atoms with Gasteiger partial charge in [0, 0.05) is 13.1 Å². The summed E-state index contributed by atoms with van der Waals surface area (Å²) in [6.07, 6.45) is -2.42. The van der Waals surface area contributed by atoms with E-state index >= 15 is 0 Å². The number of aryl methyl sites for hydroxylation is 3. The fraction of sp³-hybridized carbons (Fsp3) is 0.600. The maximum Gasteiger partial charge on any atom is 0.251 e. The van der Waals surface area contributed by atoms with Crippen LogP contribution in [0.1, 0.15) is 23.6 Å². The summed E-state index contributed by atoms with van der Waals surface area (Å²) in [5, 5.41) is 0. The Morgan fingerprint density at radius 1 is 1.18 bits per heavy atom. The Hall–Kier alpha value is -1.05. The van der Waals surface area contributed by atoms with Gasteiger partial charge in [-0.15, -0.1) is 0 Å². The molecule has 0 aromatic heterocycles. The van der Waals surface area contributed by atoms with Crippen LogP contribution >= 0.6 is 0 Å². The molecule has 0 aliphatic carbocycles. The molecule has 0 saturated heterocycles. The lowest BCUT2D eigenvalue weighted by Crippen LogP contribution is -2.37. The lowest BCUT2D eigenvalue weighted by Gasteiger charge is -2.20. The number of hydrogen-bond donors (Lipinski definition) is 1. The van der Waals surface area contributed by atoms with Gasteiger partial charge in [0.2, 0.25) is 10.0 Å². The molecule has 1 rings (SSSR count). The normalized spacial score (nSPS) is 12.4. The first-order valence-corrected chi connectivity index (χ1v) is 8.73. The maximum absolute atomic E-state index is 12.4. The van der Waals surface area contributed by atoms with Crippen molar-refractivity contribution in [2.45, 2.75) is 39.0 Å². The molecule has 0 spiro atoms. The second-order valence-corrected chi connectivity index (χ2v) is 7.11. The third-order valence-corrected chi connectivity index (χ3v) is 5.20. The van der Waals surface area contributed by atoms with Crippen molar-refractivity contribution in [1.29, 1.82) is 0 Å². The standard InChI is InChI=1S/C15H24F2N2O2S/c1-5-19(10-14(16)17)7-6-18-22(20,21)15-12(3)8-11(2)9-13(15)4/h8-9,14,18H,5-7,10H2,1-4H3. The summed E-state index contributed by atoms with van der Waals surface area (Å²) in [6.45, 7) is 7.65. The third kappa shape index (κ3) is 5.30. The van der Waals surface area contributed by atoms with Crippen LogP contribution in [0.4, 0.5) is 8.78 Å². The summed E-state index contributed by atoms with van der Waals surface area (Å²) in [4.78, 5) is 1.79. The molecule has 1 aromatic rings. The van der Waals surface area contributed by atoms with Crippen molar-refractivity contribution in [3.05, 3.63) is 28.8 Å². The van der Waals surface area contributed by atoms with Crippen LogP contribution in [-0.4, -0.2) is 45.9 Å². The number of benzene rings is 1. The van der Waals surface area contributed by atoms with Gasteiger partial charge in [-0.1, -0.05) is 24.6 Å².